The van der Waals surface area contributed by atoms with E-state index in [-0.39, 0.29) is 12.5 Å². The van der Waals surface area contributed by atoms with Gasteiger partial charge < -0.3 is 15.8 Å². The molecule has 20 heavy (non-hydrogen) atoms. The van der Waals surface area contributed by atoms with Crippen molar-refractivity contribution in [2.45, 2.75) is 37.8 Å². The Morgan fingerprint density at radius 2 is 1.85 bits per heavy atom. The van der Waals surface area contributed by atoms with E-state index < -0.39 is 11.4 Å². The summed E-state index contributed by atoms with van der Waals surface area (Å²) in [6.07, 6.45) is 3.06. The molecule has 3 N–H and O–H groups in total. The Kier molecular flexibility index (Phi) is 4.74. The third kappa shape index (κ3) is 3.57. The monoisotopic (exact) mass is 276 g/mol. The Hall–Kier alpha value is -1.88. The summed E-state index contributed by atoms with van der Waals surface area (Å²) >= 11 is 0. The lowest BCUT2D eigenvalue weighted by molar-refractivity contribution is -0.134. The summed E-state index contributed by atoms with van der Waals surface area (Å²) < 4.78 is 5.35. The Morgan fingerprint density at radius 3 is 2.45 bits per heavy atom. The predicted octanol–water partition coefficient (Wildman–Crippen LogP) is 1.12. The third-order valence-electron chi connectivity index (χ3n) is 3.65. The maximum absolute atomic E-state index is 11.9. The van der Waals surface area contributed by atoms with Crippen LogP contribution in [0, 0.1) is 0 Å². The van der Waals surface area contributed by atoms with E-state index in [1.54, 1.807) is 0 Å². The Balaban J connectivity index is 1.79. The quantitative estimate of drug-likeness (QED) is 0.817. The summed E-state index contributed by atoms with van der Waals surface area (Å²) in [4.78, 5) is 23.4. The molecule has 1 saturated carbocycles. The van der Waals surface area contributed by atoms with Crippen LogP contribution in [0.4, 0.5) is 0 Å². The lowest BCUT2D eigenvalue weighted by atomic mass is 9.97. The molecule has 0 radical (unpaired) electrons. The van der Waals surface area contributed by atoms with Gasteiger partial charge in [0.25, 0.3) is 0 Å². The number of amides is 2. The van der Waals surface area contributed by atoms with Gasteiger partial charge in [-0.2, -0.15) is 0 Å². The molecule has 0 aliphatic heterocycles. The molecule has 0 aromatic heterocycles. The zero-order valence-corrected chi connectivity index (χ0v) is 11.4. The Morgan fingerprint density at radius 1 is 1.20 bits per heavy atom. The molecule has 1 aromatic carbocycles. The molecule has 2 rings (SSSR count). The molecule has 1 aliphatic carbocycles. The number of hydrogen-bond donors (Lipinski definition) is 2. The van der Waals surface area contributed by atoms with Crippen molar-refractivity contribution in [1.82, 2.24) is 5.32 Å². The zero-order chi connectivity index (χ0) is 14.4. The first-order valence-corrected chi connectivity index (χ1v) is 6.85. The number of hydrogen-bond acceptors (Lipinski definition) is 3. The van der Waals surface area contributed by atoms with Crippen molar-refractivity contribution in [3.63, 3.8) is 0 Å². The van der Waals surface area contributed by atoms with Crippen LogP contribution in [0.15, 0.2) is 30.3 Å². The number of nitrogens with two attached hydrogens (primary N) is 1. The van der Waals surface area contributed by atoms with Crippen molar-refractivity contribution in [1.29, 1.82) is 0 Å². The first kappa shape index (κ1) is 14.5. The van der Waals surface area contributed by atoms with Gasteiger partial charge in [0.15, 0.2) is 0 Å². The molecule has 5 heteroatoms. The first-order chi connectivity index (χ1) is 9.62. The topological polar surface area (TPSA) is 81.4 Å². The maximum atomic E-state index is 11.9. The van der Waals surface area contributed by atoms with Crippen molar-refractivity contribution >= 4 is 11.8 Å². The maximum Gasteiger partial charge on any atom is 0.246 e. The summed E-state index contributed by atoms with van der Waals surface area (Å²) in [7, 11) is 0. The van der Waals surface area contributed by atoms with Gasteiger partial charge in [-0.15, -0.1) is 0 Å². The van der Waals surface area contributed by atoms with Gasteiger partial charge >= 0.3 is 0 Å². The van der Waals surface area contributed by atoms with E-state index in [2.05, 4.69) is 5.32 Å². The molecule has 0 spiro atoms. The van der Waals surface area contributed by atoms with Crippen LogP contribution in [-0.2, 0) is 20.9 Å². The molecule has 1 aromatic rings. The molecule has 2 amide bonds. The number of ether oxygens (including phenoxy) is 1. The minimum atomic E-state index is -0.868. The van der Waals surface area contributed by atoms with E-state index in [9.17, 15) is 9.59 Å². The lowest BCUT2D eigenvalue weighted by Gasteiger charge is -2.26. The largest absolute Gasteiger partial charge is 0.368 e. The normalized spacial score (nSPS) is 16.8. The van der Waals surface area contributed by atoms with E-state index in [0.29, 0.717) is 19.4 Å². The fourth-order valence-electron chi connectivity index (χ4n) is 2.55. The summed E-state index contributed by atoms with van der Waals surface area (Å²) in [5.74, 6) is -0.743. The molecule has 5 nitrogen and oxygen atoms in total. The van der Waals surface area contributed by atoms with Crippen LogP contribution in [0.2, 0.25) is 0 Å². The van der Waals surface area contributed by atoms with Gasteiger partial charge in [0.1, 0.15) is 12.1 Å². The average molecular weight is 276 g/mol. The highest BCUT2D eigenvalue weighted by Gasteiger charge is 2.40. The fraction of sp³-hybridized carbons (Fsp3) is 0.467. The second-order valence-electron chi connectivity index (χ2n) is 5.18. The van der Waals surface area contributed by atoms with Crippen molar-refractivity contribution in [2.75, 3.05) is 6.61 Å². The van der Waals surface area contributed by atoms with Gasteiger partial charge in [-0.1, -0.05) is 43.2 Å². The van der Waals surface area contributed by atoms with Crippen LogP contribution < -0.4 is 11.1 Å². The van der Waals surface area contributed by atoms with Crippen LogP contribution in [-0.4, -0.2) is 24.0 Å². The minimum Gasteiger partial charge on any atom is -0.368 e. The number of rotatable bonds is 6. The number of benzene rings is 1. The fourth-order valence-corrected chi connectivity index (χ4v) is 2.55. The Labute approximate surface area is 118 Å². The first-order valence-electron chi connectivity index (χ1n) is 6.85. The highest BCUT2D eigenvalue weighted by molar-refractivity contribution is 5.91. The molecular formula is C15H20N2O3. The van der Waals surface area contributed by atoms with Crippen molar-refractivity contribution in [3.8, 4) is 0 Å². The second kappa shape index (κ2) is 6.52. The molecule has 0 bridgehead atoms. The second-order valence-corrected chi connectivity index (χ2v) is 5.18. The molecule has 1 fully saturated rings. The van der Waals surface area contributed by atoms with Crippen molar-refractivity contribution < 1.29 is 14.3 Å². The highest BCUT2D eigenvalue weighted by atomic mass is 16.5. The van der Waals surface area contributed by atoms with E-state index in [1.807, 2.05) is 30.3 Å². The molecule has 0 atom stereocenters. The van der Waals surface area contributed by atoms with E-state index in [0.717, 1.165) is 18.4 Å². The van der Waals surface area contributed by atoms with Gasteiger partial charge in [-0.3, -0.25) is 9.59 Å². The zero-order valence-electron chi connectivity index (χ0n) is 11.4. The molecule has 1 aliphatic rings. The summed E-state index contributed by atoms with van der Waals surface area (Å²) in [6.45, 7) is 0.307. The standard InChI is InChI=1S/C15H20N2O3/c16-14(19)15(8-4-5-9-15)17-13(18)11-20-10-12-6-2-1-3-7-12/h1-3,6-7H,4-5,8-11H2,(H2,16,19)(H,17,18). The van der Waals surface area contributed by atoms with Crippen LogP contribution in [0.1, 0.15) is 31.2 Å². The van der Waals surface area contributed by atoms with Crippen molar-refractivity contribution in [2.24, 2.45) is 5.73 Å². The summed E-state index contributed by atoms with van der Waals surface area (Å²) in [5.41, 5.74) is 5.54. The van der Waals surface area contributed by atoms with Gasteiger partial charge in [-0.25, -0.2) is 0 Å². The number of nitrogens with one attached hydrogen (secondary N) is 1. The molecule has 0 saturated heterocycles. The third-order valence-corrected chi connectivity index (χ3v) is 3.65. The van der Waals surface area contributed by atoms with Gasteiger partial charge in [0.05, 0.1) is 6.61 Å². The van der Waals surface area contributed by atoms with E-state index in [1.165, 1.54) is 0 Å². The molecule has 0 heterocycles. The van der Waals surface area contributed by atoms with Crippen LogP contribution in [0.25, 0.3) is 0 Å². The molecular weight excluding hydrogens is 256 g/mol. The summed E-state index contributed by atoms with van der Waals surface area (Å²) in [5, 5.41) is 2.74. The molecule has 0 unspecified atom stereocenters. The summed E-state index contributed by atoms with van der Waals surface area (Å²) in [6, 6.07) is 9.62. The number of carbonyl (C=O) groups excluding carboxylic acids is 2. The molecule has 108 valence electrons. The van der Waals surface area contributed by atoms with Gasteiger partial charge in [-0.05, 0) is 18.4 Å². The number of carbonyl (C=O) groups is 2. The van der Waals surface area contributed by atoms with Crippen LogP contribution in [0.3, 0.4) is 0 Å². The van der Waals surface area contributed by atoms with E-state index >= 15 is 0 Å². The lowest BCUT2D eigenvalue weighted by Crippen LogP contribution is -2.56. The average Bonchev–Trinajstić information content (AvgIpc) is 2.90. The van der Waals surface area contributed by atoms with Gasteiger partial charge in [0, 0.05) is 0 Å². The SMILES string of the molecule is NC(=O)C1(NC(=O)COCc2ccccc2)CCCC1. The highest BCUT2D eigenvalue weighted by Crippen LogP contribution is 2.29. The predicted molar refractivity (Wildman–Crippen MR) is 74.6 cm³/mol. The minimum absolute atomic E-state index is 0.0656. The van der Waals surface area contributed by atoms with Crippen molar-refractivity contribution in [3.05, 3.63) is 35.9 Å². The number of primary amides is 1. The van der Waals surface area contributed by atoms with Crippen LogP contribution >= 0.6 is 0 Å². The smallest absolute Gasteiger partial charge is 0.246 e. The van der Waals surface area contributed by atoms with Gasteiger partial charge in [0.2, 0.25) is 11.8 Å². The Bertz CT molecular complexity index is 467. The van der Waals surface area contributed by atoms with Crippen LogP contribution in [0.5, 0.6) is 0 Å². The van der Waals surface area contributed by atoms with E-state index in [4.69, 9.17) is 10.5 Å².